The number of urea groups is 1. The van der Waals surface area contributed by atoms with Crippen molar-refractivity contribution in [2.24, 2.45) is 5.41 Å². The van der Waals surface area contributed by atoms with E-state index in [1.807, 2.05) is 24.3 Å². The highest BCUT2D eigenvalue weighted by atomic mass is 79.9. The van der Waals surface area contributed by atoms with Gasteiger partial charge in [-0.3, -0.25) is 0 Å². The number of nitrogens with one attached hydrogen (secondary N) is 2. The lowest BCUT2D eigenvalue weighted by Crippen LogP contribution is -2.52. The average Bonchev–Trinajstić information content (AvgIpc) is 2.31. The molecular formula is C14H19BrN2O3. The molecular weight excluding hydrogens is 324 g/mol. The van der Waals surface area contributed by atoms with Gasteiger partial charge in [0.15, 0.2) is 0 Å². The summed E-state index contributed by atoms with van der Waals surface area (Å²) in [5, 5.41) is 14.3. The van der Waals surface area contributed by atoms with E-state index in [9.17, 15) is 9.59 Å². The Morgan fingerprint density at radius 1 is 1.35 bits per heavy atom. The largest absolute Gasteiger partial charge is 0.480 e. The Bertz CT molecular complexity index is 497. The van der Waals surface area contributed by atoms with Gasteiger partial charge in [-0.05, 0) is 23.1 Å². The summed E-state index contributed by atoms with van der Waals surface area (Å²) in [4.78, 5) is 22.9. The first-order valence-corrected chi connectivity index (χ1v) is 7.01. The van der Waals surface area contributed by atoms with Crippen molar-refractivity contribution in [1.82, 2.24) is 10.6 Å². The molecule has 6 heteroatoms. The fraction of sp³-hybridized carbons (Fsp3) is 0.429. The molecule has 1 aromatic rings. The summed E-state index contributed by atoms with van der Waals surface area (Å²) in [6, 6.07) is 6.09. The zero-order chi connectivity index (χ0) is 15.3. The van der Waals surface area contributed by atoms with E-state index in [0.29, 0.717) is 6.54 Å². The maximum atomic E-state index is 11.8. The van der Waals surface area contributed by atoms with E-state index in [1.54, 1.807) is 20.8 Å². The second kappa shape index (κ2) is 6.74. The number of benzene rings is 1. The van der Waals surface area contributed by atoms with Crippen molar-refractivity contribution in [2.75, 3.05) is 0 Å². The summed E-state index contributed by atoms with van der Waals surface area (Å²) in [6.07, 6.45) is 0. The van der Waals surface area contributed by atoms with Gasteiger partial charge in [0.05, 0.1) is 0 Å². The quantitative estimate of drug-likeness (QED) is 0.787. The van der Waals surface area contributed by atoms with Gasteiger partial charge in [0.25, 0.3) is 0 Å². The Morgan fingerprint density at radius 3 is 2.50 bits per heavy atom. The van der Waals surface area contributed by atoms with E-state index in [1.165, 1.54) is 0 Å². The molecule has 1 rings (SSSR count). The average molecular weight is 343 g/mol. The number of carbonyl (C=O) groups is 2. The normalized spacial score (nSPS) is 12.6. The van der Waals surface area contributed by atoms with Crippen LogP contribution in [0.5, 0.6) is 0 Å². The van der Waals surface area contributed by atoms with Crippen molar-refractivity contribution < 1.29 is 14.7 Å². The third-order valence-corrected chi connectivity index (χ3v) is 3.22. The minimum atomic E-state index is -1.05. The van der Waals surface area contributed by atoms with E-state index < -0.39 is 23.5 Å². The first kappa shape index (κ1) is 16.5. The molecule has 5 nitrogen and oxygen atoms in total. The molecule has 0 radical (unpaired) electrons. The smallest absolute Gasteiger partial charge is 0.326 e. The zero-order valence-electron chi connectivity index (χ0n) is 11.7. The van der Waals surface area contributed by atoms with Crippen LogP contribution in [0.1, 0.15) is 26.3 Å². The van der Waals surface area contributed by atoms with Gasteiger partial charge < -0.3 is 15.7 Å². The van der Waals surface area contributed by atoms with Gasteiger partial charge in [0.1, 0.15) is 6.04 Å². The summed E-state index contributed by atoms with van der Waals surface area (Å²) < 4.78 is 0.926. The second-order valence-electron chi connectivity index (χ2n) is 5.59. The molecule has 1 aromatic carbocycles. The molecule has 0 fully saturated rings. The summed E-state index contributed by atoms with van der Waals surface area (Å²) >= 11 is 3.35. The fourth-order valence-corrected chi connectivity index (χ4v) is 2.11. The van der Waals surface area contributed by atoms with Crippen LogP contribution in [0.3, 0.4) is 0 Å². The number of hydrogen-bond acceptors (Lipinski definition) is 2. The lowest BCUT2D eigenvalue weighted by Gasteiger charge is -2.27. The molecule has 0 aliphatic heterocycles. The summed E-state index contributed by atoms with van der Waals surface area (Å²) in [5.41, 5.74) is 0.371. The number of halogens is 1. The van der Waals surface area contributed by atoms with Crippen molar-refractivity contribution >= 4 is 27.9 Å². The summed E-state index contributed by atoms with van der Waals surface area (Å²) in [7, 11) is 0. The van der Waals surface area contributed by atoms with E-state index in [4.69, 9.17) is 5.11 Å². The van der Waals surface area contributed by atoms with E-state index in [-0.39, 0.29) is 0 Å². The molecule has 0 saturated heterocycles. The lowest BCUT2D eigenvalue weighted by molar-refractivity contribution is -0.141. The number of carboxylic acids is 1. The third kappa shape index (κ3) is 5.21. The van der Waals surface area contributed by atoms with Crippen LogP contribution in [0.2, 0.25) is 0 Å². The minimum Gasteiger partial charge on any atom is -0.480 e. The maximum absolute atomic E-state index is 11.8. The Hall–Kier alpha value is -1.56. The highest BCUT2D eigenvalue weighted by Crippen LogP contribution is 2.19. The van der Waals surface area contributed by atoms with Crippen LogP contribution < -0.4 is 10.6 Å². The number of carboxylic acid groups (broad SMARTS) is 1. The van der Waals surface area contributed by atoms with Crippen LogP contribution in [0.25, 0.3) is 0 Å². The second-order valence-corrected chi connectivity index (χ2v) is 6.51. The van der Waals surface area contributed by atoms with E-state index in [2.05, 4.69) is 26.6 Å². The molecule has 0 heterocycles. The van der Waals surface area contributed by atoms with Crippen LogP contribution >= 0.6 is 15.9 Å². The number of aliphatic carboxylic acids is 1. The van der Waals surface area contributed by atoms with Crippen molar-refractivity contribution in [3.05, 3.63) is 34.3 Å². The standard InChI is InChI=1S/C14H19BrN2O3/c1-14(2,3)11(12(18)19)17-13(20)16-8-9-5-4-6-10(15)7-9/h4-7,11H,8H2,1-3H3,(H,18,19)(H2,16,17,20). The Balaban J connectivity index is 2.57. The van der Waals surface area contributed by atoms with Crippen LogP contribution in [-0.2, 0) is 11.3 Å². The Morgan fingerprint density at radius 2 is 2.00 bits per heavy atom. The predicted molar refractivity (Wildman–Crippen MR) is 80.4 cm³/mol. The first-order valence-electron chi connectivity index (χ1n) is 6.22. The molecule has 0 spiro atoms. The predicted octanol–water partition coefficient (Wildman–Crippen LogP) is 2.75. The Kier molecular flexibility index (Phi) is 5.56. The molecule has 0 aliphatic carbocycles. The number of hydrogen-bond donors (Lipinski definition) is 3. The number of rotatable bonds is 4. The Labute approximate surface area is 126 Å². The molecule has 0 bridgehead atoms. The topological polar surface area (TPSA) is 78.4 Å². The van der Waals surface area contributed by atoms with Crippen molar-refractivity contribution in [1.29, 1.82) is 0 Å². The first-order chi connectivity index (χ1) is 9.20. The molecule has 0 saturated carbocycles. The third-order valence-electron chi connectivity index (χ3n) is 2.73. The van der Waals surface area contributed by atoms with E-state index >= 15 is 0 Å². The molecule has 110 valence electrons. The zero-order valence-corrected chi connectivity index (χ0v) is 13.3. The summed E-state index contributed by atoms with van der Waals surface area (Å²) in [5.74, 6) is -1.05. The number of carbonyl (C=O) groups excluding carboxylic acids is 1. The van der Waals surface area contributed by atoms with Gasteiger partial charge in [-0.15, -0.1) is 0 Å². The van der Waals surface area contributed by atoms with Crippen molar-refractivity contribution in [3.63, 3.8) is 0 Å². The fourth-order valence-electron chi connectivity index (χ4n) is 1.66. The highest BCUT2D eigenvalue weighted by molar-refractivity contribution is 9.10. The van der Waals surface area contributed by atoms with Gasteiger partial charge in [-0.1, -0.05) is 48.8 Å². The molecule has 2 amide bonds. The lowest BCUT2D eigenvalue weighted by atomic mass is 9.87. The summed E-state index contributed by atoms with van der Waals surface area (Å²) in [6.45, 7) is 5.63. The van der Waals surface area contributed by atoms with Crippen LogP contribution in [0, 0.1) is 5.41 Å². The molecule has 1 unspecified atom stereocenters. The molecule has 0 aliphatic rings. The van der Waals surface area contributed by atoms with Gasteiger partial charge in [0, 0.05) is 11.0 Å². The van der Waals surface area contributed by atoms with Gasteiger partial charge in [-0.2, -0.15) is 0 Å². The molecule has 1 atom stereocenters. The van der Waals surface area contributed by atoms with E-state index in [0.717, 1.165) is 10.0 Å². The van der Waals surface area contributed by atoms with Gasteiger partial charge in [0.2, 0.25) is 0 Å². The molecule has 0 aromatic heterocycles. The maximum Gasteiger partial charge on any atom is 0.326 e. The van der Waals surface area contributed by atoms with Crippen molar-refractivity contribution in [2.45, 2.75) is 33.4 Å². The minimum absolute atomic E-state index is 0.335. The monoisotopic (exact) mass is 342 g/mol. The van der Waals surface area contributed by atoms with Crippen molar-refractivity contribution in [3.8, 4) is 0 Å². The molecule has 3 N–H and O–H groups in total. The molecule has 20 heavy (non-hydrogen) atoms. The van der Waals surface area contributed by atoms with Gasteiger partial charge >= 0.3 is 12.0 Å². The van der Waals surface area contributed by atoms with Crippen LogP contribution in [-0.4, -0.2) is 23.1 Å². The highest BCUT2D eigenvalue weighted by Gasteiger charge is 2.32. The SMILES string of the molecule is CC(C)(C)C(NC(=O)NCc1cccc(Br)c1)C(=O)O. The number of amides is 2. The van der Waals surface area contributed by atoms with Gasteiger partial charge in [-0.25, -0.2) is 9.59 Å². The van der Waals surface area contributed by atoms with Crippen LogP contribution in [0.4, 0.5) is 4.79 Å². The van der Waals surface area contributed by atoms with Crippen LogP contribution in [0.15, 0.2) is 28.7 Å².